The molecule has 1 atom stereocenters. The summed E-state index contributed by atoms with van der Waals surface area (Å²) in [6.45, 7) is 1.66. The molecule has 0 bridgehead atoms. The maximum Gasteiger partial charge on any atom is 0.433 e. The average Bonchev–Trinajstić information content (AvgIpc) is 3.15. The van der Waals surface area contributed by atoms with E-state index in [2.05, 4.69) is 4.98 Å². The summed E-state index contributed by atoms with van der Waals surface area (Å²) in [5.41, 5.74) is -1.08. The summed E-state index contributed by atoms with van der Waals surface area (Å²) in [4.78, 5) is 17.3. The Morgan fingerprint density at radius 2 is 1.76 bits per heavy atom. The molecule has 180 valence electrons. The fourth-order valence-electron chi connectivity index (χ4n) is 3.15. The molecule has 1 aliphatic heterocycles. The molecule has 1 aromatic heterocycles. The molecule has 0 aliphatic carbocycles. The molecule has 0 saturated carbocycles. The van der Waals surface area contributed by atoms with Gasteiger partial charge in [0, 0.05) is 19.3 Å². The predicted molar refractivity (Wildman–Crippen MR) is 103 cm³/mol. The summed E-state index contributed by atoms with van der Waals surface area (Å²) in [6.07, 6.45) is -10.8. The topological polar surface area (TPSA) is 76.6 Å². The summed E-state index contributed by atoms with van der Waals surface area (Å²) in [7, 11) is -3.81. The van der Waals surface area contributed by atoms with E-state index in [-0.39, 0.29) is 29.3 Å². The Kier molecular flexibility index (Phi) is 6.39. The van der Waals surface area contributed by atoms with Gasteiger partial charge in [0.15, 0.2) is 15.9 Å². The number of carbonyl (C=O) groups excluding carboxylic acids is 1. The van der Waals surface area contributed by atoms with Gasteiger partial charge in [0.05, 0.1) is 16.2 Å². The van der Waals surface area contributed by atoms with Gasteiger partial charge in [-0.05, 0) is 42.3 Å². The Bertz CT molecular complexity index is 1180. The van der Waals surface area contributed by atoms with Crippen molar-refractivity contribution in [3.63, 3.8) is 0 Å². The van der Waals surface area contributed by atoms with Gasteiger partial charge in [-0.1, -0.05) is 6.92 Å². The van der Waals surface area contributed by atoms with E-state index >= 15 is 0 Å². The van der Waals surface area contributed by atoms with E-state index in [1.54, 1.807) is 0 Å². The van der Waals surface area contributed by atoms with E-state index in [0.29, 0.717) is 5.56 Å². The molecule has 0 saturated heterocycles. The lowest BCUT2D eigenvalue weighted by atomic mass is 10.1. The van der Waals surface area contributed by atoms with Gasteiger partial charge in [-0.25, -0.2) is 8.42 Å². The van der Waals surface area contributed by atoms with Crippen molar-refractivity contribution in [1.82, 2.24) is 9.88 Å². The molecule has 0 spiro atoms. The van der Waals surface area contributed by atoms with E-state index in [9.17, 15) is 39.6 Å². The highest BCUT2D eigenvalue weighted by molar-refractivity contribution is 7.91. The molecule has 1 aliphatic rings. The minimum atomic E-state index is -4.75. The number of rotatable bonds is 5. The standard InChI is InChI=1S/C20H18F6N2O4S/c1-3-33(30,31)14-4-5-16(32-11(2)19(21,22)23)15(7-14)18(29)28-9-12-6-17(20(24,25)26)27-8-13(12)10-28/h4-8,11H,3,9-10H2,1-2H3. The first kappa shape index (κ1) is 24.8. The van der Waals surface area contributed by atoms with Crippen molar-refractivity contribution in [1.29, 1.82) is 0 Å². The van der Waals surface area contributed by atoms with Crippen molar-refractivity contribution in [2.75, 3.05) is 5.75 Å². The van der Waals surface area contributed by atoms with Crippen LogP contribution < -0.4 is 4.74 Å². The van der Waals surface area contributed by atoms with E-state index < -0.39 is 51.2 Å². The molecule has 3 rings (SSSR count). The summed E-state index contributed by atoms with van der Waals surface area (Å²) < 4.78 is 107. The van der Waals surface area contributed by atoms with Crippen LogP contribution in [-0.2, 0) is 29.1 Å². The Morgan fingerprint density at radius 1 is 1.12 bits per heavy atom. The van der Waals surface area contributed by atoms with Crippen molar-refractivity contribution in [3.05, 3.63) is 52.8 Å². The molecule has 0 N–H and O–H groups in total. The summed E-state index contributed by atoms with van der Waals surface area (Å²) in [6, 6.07) is 3.71. The van der Waals surface area contributed by atoms with Gasteiger partial charge in [0.2, 0.25) is 0 Å². The van der Waals surface area contributed by atoms with Gasteiger partial charge in [-0.15, -0.1) is 0 Å². The number of nitrogens with zero attached hydrogens (tertiary/aromatic N) is 2. The zero-order valence-electron chi connectivity index (χ0n) is 17.3. The van der Waals surface area contributed by atoms with Crippen LogP contribution in [0.1, 0.15) is 41.0 Å². The van der Waals surface area contributed by atoms with E-state index in [0.717, 1.165) is 42.3 Å². The number of hydrogen-bond donors (Lipinski definition) is 0. The molecule has 1 unspecified atom stereocenters. The number of ether oxygens (including phenoxy) is 1. The number of alkyl halides is 6. The Hall–Kier alpha value is -2.83. The largest absolute Gasteiger partial charge is 0.480 e. The van der Waals surface area contributed by atoms with Crippen molar-refractivity contribution >= 4 is 15.7 Å². The molecule has 6 nitrogen and oxygen atoms in total. The highest BCUT2D eigenvalue weighted by Gasteiger charge is 2.39. The van der Waals surface area contributed by atoms with Crippen molar-refractivity contribution in [2.45, 2.75) is 50.3 Å². The number of sulfone groups is 1. The first-order valence-corrected chi connectivity index (χ1v) is 11.2. The van der Waals surface area contributed by atoms with Crippen LogP contribution in [0.4, 0.5) is 26.3 Å². The van der Waals surface area contributed by atoms with Crippen LogP contribution in [0, 0.1) is 0 Å². The van der Waals surface area contributed by atoms with Crippen molar-refractivity contribution in [3.8, 4) is 5.75 Å². The lowest BCUT2D eigenvalue weighted by Gasteiger charge is -2.22. The van der Waals surface area contributed by atoms with Gasteiger partial charge >= 0.3 is 12.4 Å². The molecule has 33 heavy (non-hydrogen) atoms. The Balaban J connectivity index is 1.98. The zero-order valence-corrected chi connectivity index (χ0v) is 18.1. The van der Waals surface area contributed by atoms with Crippen LogP contribution in [0.5, 0.6) is 5.75 Å². The third-order valence-corrected chi connectivity index (χ3v) is 6.80. The molecule has 0 fully saturated rings. The molecule has 1 amide bonds. The second-order valence-corrected chi connectivity index (χ2v) is 9.64. The second kappa shape index (κ2) is 8.50. The van der Waals surface area contributed by atoms with E-state index in [1.165, 1.54) is 6.92 Å². The molecule has 1 aromatic carbocycles. The van der Waals surface area contributed by atoms with Gasteiger partial charge in [-0.2, -0.15) is 26.3 Å². The lowest BCUT2D eigenvalue weighted by molar-refractivity contribution is -0.189. The molecular formula is C20H18F6N2O4S. The van der Waals surface area contributed by atoms with Crippen LogP contribution in [-0.4, -0.2) is 42.2 Å². The van der Waals surface area contributed by atoms with Crippen LogP contribution in [0.25, 0.3) is 0 Å². The first-order chi connectivity index (χ1) is 15.1. The number of hydrogen-bond acceptors (Lipinski definition) is 5. The van der Waals surface area contributed by atoms with E-state index in [1.807, 2.05) is 0 Å². The third-order valence-electron chi connectivity index (χ3n) is 5.07. The highest BCUT2D eigenvalue weighted by atomic mass is 32.2. The van der Waals surface area contributed by atoms with Gasteiger partial charge < -0.3 is 9.64 Å². The quantitative estimate of drug-likeness (QED) is 0.575. The highest BCUT2D eigenvalue weighted by Crippen LogP contribution is 2.34. The van der Waals surface area contributed by atoms with Crippen LogP contribution in [0.3, 0.4) is 0 Å². The zero-order chi connectivity index (χ0) is 24.8. The van der Waals surface area contributed by atoms with Crippen LogP contribution in [0.15, 0.2) is 35.4 Å². The molecule has 0 radical (unpaired) electrons. The summed E-state index contributed by atoms with van der Waals surface area (Å²) in [5, 5.41) is 0. The normalized spacial score (nSPS) is 15.3. The monoisotopic (exact) mass is 496 g/mol. The fraction of sp³-hybridized carbons (Fsp3) is 0.400. The van der Waals surface area contributed by atoms with Gasteiger partial charge in [-0.3, -0.25) is 9.78 Å². The number of fused-ring (bicyclic) bond motifs is 1. The smallest absolute Gasteiger partial charge is 0.433 e. The van der Waals surface area contributed by atoms with Crippen LogP contribution >= 0.6 is 0 Å². The Labute approximate surface area is 185 Å². The summed E-state index contributed by atoms with van der Waals surface area (Å²) >= 11 is 0. The number of pyridine rings is 1. The molecule has 2 heterocycles. The van der Waals surface area contributed by atoms with E-state index in [4.69, 9.17) is 4.74 Å². The Morgan fingerprint density at radius 3 is 2.33 bits per heavy atom. The van der Waals surface area contributed by atoms with Crippen molar-refractivity contribution < 1.29 is 44.3 Å². The number of amides is 1. The fourth-order valence-corrected chi connectivity index (χ4v) is 4.05. The minimum Gasteiger partial charge on any atom is -0.480 e. The molecule has 2 aromatic rings. The maximum atomic E-state index is 13.1. The first-order valence-electron chi connectivity index (χ1n) is 9.58. The van der Waals surface area contributed by atoms with Crippen molar-refractivity contribution in [2.24, 2.45) is 0 Å². The molecule has 13 heteroatoms. The lowest BCUT2D eigenvalue weighted by Crippen LogP contribution is -2.32. The SMILES string of the molecule is CCS(=O)(=O)c1ccc(OC(C)C(F)(F)F)c(C(=O)N2Cc3cnc(C(F)(F)F)cc3C2)c1. The maximum absolute atomic E-state index is 13.1. The predicted octanol–water partition coefficient (Wildman–Crippen LogP) is 4.38. The third kappa shape index (κ3) is 5.23. The van der Waals surface area contributed by atoms with Gasteiger partial charge in [0.25, 0.3) is 5.91 Å². The summed E-state index contributed by atoms with van der Waals surface area (Å²) in [5.74, 6) is -1.71. The van der Waals surface area contributed by atoms with Crippen LogP contribution in [0.2, 0.25) is 0 Å². The minimum absolute atomic E-state index is 0.154. The number of halogens is 6. The van der Waals surface area contributed by atoms with Gasteiger partial charge in [0.1, 0.15) is 11.4 Å². The molecular weight excluding hydrogens is 478 g/mol. The number of benzene rings is 1. The average molecular weight is 496 g/mol. The number of aromatic nitrogens is 1. The number of carbonyl (C=O) groups is 1. The second-order valence-electron chi connectivity index (χ2n) is 7.36.